The molecule has 3 N–H and O–H groups in total. The van der Waals surface area contributed by atoms with Crippen molar-refractivity contribution in [1.82, 2.24) is 0 Å². The standard InChI is InChI=1S/C14H14BrClN2O2S/c1-8-5-9(2)14(11(15)6-8)18-21(19,20)13-7-10(17)3-4-12(13)16/h3-7,18H,17H2,1-2H3. The third kappa shape index (κ3) is 3.51. The Morgan fingerprint density at radius 2 is 1.86 bits per heavy atom. The SMILES string of the molecule is Cc1cc(C)c(NS(=O)(=O)c2cc(N)ccc2Cl)c(Br)c1. The molecule has 0 atom stereocenters. The maximum atomic E-state index is 12.5. The number of hydrogen-bond acceptors (Lipinski definition) is 3. The smallest absolute Gasteiger partial charge is 0.263 e. The average molecular weight is 390 g/mol. The molecule has 7 heteroatoms. The monoisotopic (exact) mass is 388 g/mol. The number of nitrogens with two attached hydrogens (primary N) is 1. The lowest BCUT2D eigenvalue weighted by atomic mass is 10.1. The second-order valence-electron chi connectivity index (χ2n) is 4.73. The summed E-state index contributed by atoms with van der Waals surface area (Å²) >= 11 is 9.34. The minimum absolute atomic E-state index is 0.0453. The molecule has 0 radical (unpaired) electrons. The number of nitrogens with one attached hydrogen (secondary N) is 1. The zero-order chi connectivity index (χ0) is 15.8. The number of rotatable bonds is 3. The molecule has 0 aliphatic carbocycles. The zero-order valence-corrected chi connectivity index (χ0v) is 14.6. The Bertz CT molecular complexity index is 784. The van der Waals surface area contributed by atoms with E-state index in [1.807, 2.05) is 26.0 Å². The van der Waals surface area contributed by atoms with E-state index in [1.54, 1.807) is 6.07 Å². The van der Waals surface area contributed by atoms with E-state index >= 15 is 0 Å². The molecule has 0 aromatic heterocycles. The Hall–Kier alpha value is -1.24. The summed E-state index contributed by atoms with van der Waals surface area (Å²) < 4.78 is 28.2. The number of halogens is 2. The highest BCUT2D eigenvalue weighted by Gasteiger charge is 2.20. The number of hydrogen-bond donors (Lipinski definition) is 2. The second kappa shape index (κ2) is 5.87. The van der Waals surface area contributed by atoms with Crippen molar-refractivity contribution >= 4 is 48.9 Å². The molecule has 2 rings (SSSR count). The van der Waals surface area contributed by atoms with Crippen LogP contribution in [0.3, 0.4) is 0 Å². The molecule has 0 unspecified atom stereocenters. The fourth-order valence-electron chi connectivity index (χ4n) is 1.96. The van der Waals surface area contributed by atoms with Crippen LogP contribution in [0.15, 0.2) is 39.7 Å². The summed E-state index contributed by atoms with van der Waals surface area (Å²) in [6.07, 6.45) is 0. The highest BCUT2D eigenvalue weighted by atomic mass is 79.9. The minimum atomic E-state index is -3.82. The van der Waals surface area contributed by atoms with Crippen LogP contribution >= 0.6 is 27.5 Å². The first-order valence-corrected chi connectivity index (χ1v) is 8.71. The van der Waals surface area contributed by atoms with Crippen molar-refractivity contribution in [3.63, 3.8) is 0 Å². The van der Waals surface area contributed by atoms with Gasteiger partial charge in [-0.1, -0.05) is 17.7 Å². The van der Waals surface area contributed by atoms with Gasteiger partial charge in [0.05, 0.1) is 10.7 Å². The molecule has 112 valence electrons. The van der Waals surface area contributed by atoms with E-state index in [9.17, 15) is 8.42 Å². The van der Waals surface area contributed by atoms with E-state index in [0.29, 0.717) is 15.8 Å². The number of sulfonamides is 1. The van der Waals surface area contributed by atoms with E-state index in [4.69, 9.17) is 17.3 Å². The molecule has 0 bridgehead atoms. The summed E-state index contributed by atoms with van der Waals surface area (Å²) in [5.41, 5.74) is 8.30. The normalized spacial score (nSPS) is 11.4. The van der Waals surface area contributed by atoms with Gasteiger partial charge in [-0.2, -0.15) is 0 Å². The first kappa shape index (κ1) is 16.1. The highest BCUT2D eigenvalue weighted by Crippen LogP contribution is 2.32. The lowest BCUT2D eigenvalue weighted by molar-refractivity contribution is 0.601. The van der Waals surface area contributed by atoms with Crippen molar-refractivity contribution in [2.24, 2.45) is 0 Å². The van der Waals surface area contributed by atoms with Crippen LogP contribution in [0.4, 0.5) is 11.4 Å². The van der Waals surface area contributed by atoms with E-state index in [2.05, 4.69) is 20.7 Å². The predicted octanol–water partition coefficient (Wildman–Crippen LogP) is 4.10. The molecule has 2 aromatic rings. The van der Waals surface area contributed by atoms with E-state index in [1.165, 1.54) is 12.1 Å². The van der Waals surface area contributed by atoms with Crippen molar-refractivity contribution in [2.45, 2.75) is 18.7 Å². The van der Waals surface area contributed by atoms with Gasteiger partial charge in [-0.05, 0) is 65.2 Å². The summed E-state index contributed by atoms with van der Waals surface area (Å²) in [6, 6.07) is 8.08. The molecule has 21 heavy (non-hydrogen) atoms. The minimum Gasteiger partial charge on any atom is -0.399 e. The van der Waals surface area contributed by atoms with Crippen LogP contribution in [0.25, 0.3) is 0 Å². The van der Waals surface area contributed by atoms with Gasteiger partial charge in [0.1, 0.15) is 4.90 Å². The van der Waals surface area contributed by atoms with Crippen LogP contribution in [0, 0.1) is 13.8 Å². The maximum absolute atomic E-state index is 12.5. The molecular weight excluding hydrogens is 376 g/mol. The van der Waals surface area contributed by atoms with Crippen LogP contribution < -0.4 is 10.5 Å². The first-order valence-electron chi connectivity index (χ1n) is 6.05. The third-order valence-corrected chi connectivity index (χ3v) is 5.37. The molecule has 0 amide bonds. The molecule has 4 nitrogen and oxygen atoms in total. The molecular formula is C14H14BrClN2O2S. The highest BCUT2D eigenvalue weighted by molar-refractivity contribution is 9.10. The van der Waals surface area contributed by atoms with Gasteiger partial charge >= 0.3 is 0 Å². The van der Waals surface area contributed by atoms with Gasteiger partial charge in [0.2, 0.25) is 0 Å². The molecule has 0 aliphatic rings. The molecule has 0 fully saturated rings. The lowest BCUT2D eigenvalue weighted by Crippen LogP contribution is -2.15. The molecule has 0 aliphatic heterocycles. The Balaban J connectivity index is 2.50. The summed E-state index contributed by atoms with van der Waals surface area (Å²) in [6.45, 7) is 3.77. The van der Waals surface area contributed by atoms with E-state index in [0.717, 1.165) is 11.1 Å². The second-order valence-corrected chi connectivity index (χ2v) is 7.65. The van der Waals surface area contributed by atoms with Crippen LogP contribution in [-0.2, 0) is 10.0 Å². The van der Waals surface area contributed by atoms with Crippen LogP contribution in [0.1, 0.15) is 11.1 Å². The molecule has 0 saturated heterocycles. The Morgan fingerprint density at radius 1 is 1.19 bits per heavy atom. The largest absolute Gasteiger partial charge is 0.399 e. The van der Waals surface area contributed by atoms with Crippen LogP contribution in [-0.4, -0.2) is 8.42 Å². The van der Waals surface area contributed by atoms with E-state index < -0.39 is 10.0 Å². The number of anilines is 2. The third-order valence-electron chi connectivity index (χ3n) is 2.91. The molecule has 0 saturated carbocycles. The topological polar surface area (TPSA) is 72.2 Å². The number of nitrogen functional groups attached to an aromatic ring is 1. The van der Waals surface area contributed by atoms with Crippen LogP contribution in [0.5, 0.6) is 0 Å². The number of benzene rings is 2. The van der Waals surface area contributed by atoms with Gasteiger partial charge in [0.15, 0.2) is 0 Å². The number of aryl methyl sites for hydroxylation is 2. The fraction of sp³-hybridized carbons (Fsp3) is 0.143. The lowest BCUT2D eigenvalue weighted by Gasteiger charge is -2.14. The first-order chi connectivity index (χ1) is 9.70. The fourth-order valence-corrected chi connectivity index (χ4v) is 4.55. The summed E-state index contributed by atoms with van der Waals surface area (Å²) in [7, 11) is -3.82. The zero-order valence-electron chi connectivity index (χ0n) is 11.4. The van der Waals surface area contributed by atoms with Crippen LogP contribution in [0.2, 0.25) is 5.02 Å². The summed E-state index contributed by atoms with van der Waals surface area (Å²) in [5.74, 6) is 0. The van der Waals surface area contributed by atoms with Crippen molar-refractivity contribution in [3.05, 3.63) is 51.0 Å². The average Bonchev–Trinajstić information content (AvgIpc) is 2.36. The molecule has 0 heterocycles. The van der Waals surface area contributed by atoms with Gasteiger partial charge in [0, 0.05) is 10.2 Å². The van der Waals surface area contributed by atoms with Gasteiger partial charge in [-0.25, -0.2) is 8.42 Å². The Morgan fingerprint density at radius 3 is 2.48 bits per heavy atom. The predicted molar refractivity (Wildman–Crippen MR) is 90.3 cm³/mol. The van der Waals surface area contributed by atoms with Crippen molar-refractivity contribution < 1.29 is 8.42 Å². The van der Waals surface area contributed by atoms with Crippen molar-refractivity contribution in [2.75, 3.05) is 10.5 Å². The Kier molecular flexibility index (Phi) is 4.51. The summed E-state index contributed by atoms with van der Waals surface area (Å²) in [5, 5.41) is 0.123. The quantitative estimate of drug-likeness (QED) is 0.776. The van der Waals surface area contributed by atoms with Gasteiger partial charge < -0.3 is 5.73 Å². The maximum Gasteiger partial charge on any atom is 0.263 e. The molecule has 0 spiro atoms. The van der Waals surface area contributed by atoms with Gasteiger partial charge in [0.25, 0.3) is 10.0 Å². The van der Waals surface area contributed by atoms with Crippen molar-refractivity contribution in [1.29, 1.82) is 0 Å². The van der Waals surface area contributed by atoms with E-state index in [-0.39, 0.29) is 9.92 Å². The van der Waals surface area contributed by atoms with Gasteiger partial charge in [-0.15, -0.1) is 0 Å². The Labute approximate surface area is 137 Å². The van der Waals surface area contributed by atoms with Gasteiger partial charge in [-0.3, -0.25) is 4.72 Å². The summed E-state index contributed by atoms with van der Waals surface area (Å²) in [4.78, 5) is -0.0453. The van der Waals surface area contributed by atoms with Crippen molar-refractivity contribution in [3.8, 4) is 0 Å². The molecule has 2 aromatic carbocycles.